The molecule has 2 nitrogen and oxygen atoms in total. The minimum Gasteiger partial charge on any atom is -0.322 e. The van der Waals surface area contributed by atoms with Crippen LogP contribution in [-0.2, 0) is 0 Å². The number of hydrogen-bond donors (Lipinski definition) is 1. The summed E-state index contributed by atoms with van der Waals surface area (Å²) in [6, 6.07) is 10.5. The monoisotopic (exact) mass is 425 g/mol. The maximum Gasteiger partial charge on any atom is 0.258 e. The van der Waals surface area contributed by atoms with E-state index in [2.05, 4.69) is 27.9 Å². The Morgan fingerprint density at radius 2 is 1.53 bits per heavy atom. The summed E-state index contributed by atoms with van der Waals surface area (Å²) in [6.07, 6.45) is 0. The summed E-state index contributed by atoms with van der Waals surface area (Å²) in [6.45, 7) is 0. The molecule has 19 heavy (non-hydrogen) atoms. The molecule has 2 aromatic rings. The minimum absolute atomic E-state index is 0.150. The van der Waals surface area contributed by atoms with Crippen LogP contribution < -0.4 is 5.32 Å². The average Bonchev–Trinajstić information content (AvgIpc) is 2.37. The Morgan fingerprint density at radius 3 is 2.16 bits per heavy atom. The van der Waals surface area contributed by atoms with Crippen LogP contribution in [0.1, 0.15) is 10.4 Å². The van der Waals surface area contributed by atoms with Gasteiger partial charge < -0.3 is 5.32 Å². The van der Waals surface area contributed by atoms with Crippen molar-refractivity contribution in [1.29, 1.82) is 0 Å². The van der Waals surface area contributed by atoms with Gasteiger partial charge in [0.1, 0.15) is 0 Å². The molecule has 0 aliphatic carbocycles. The molecule has 0 bridgehead atoms. The summed E-state index contributed by atoms with van der Waals surface area (Å²) in [5.74, 6) is -0.390. The Kier molecular flexibility index (Phi) is 4.95. The van der Waals surface area contributed by atoms with Gasteiger partial charge in [0.05, 0.1) is 20.6 Å². The summed E-state index contributed by atoms with van der Waals surface area (Å²) in [4.78, 5) is 12.2. The van der Waals surface area contributed by atoms with Crippen molar-refractivity contribution in [1.82, 2.24) is 0 Å². The third-order valence-corrected chi connectivity index (χ3v) is 4.21. The molecule has 0 heterocycles. The standard InChI is InChI=1S/C13H7Cl3INO/c14-9-5-6-10(15)12(16)11(9)13(19)18-8-3-1-7(17)2-4-8/h1-6H,(H,18,19). The van der Waals surface area contributed by atoms with E-state index >= 15 is 0 Å². The maximum atomic E-state index is 12.2. The zero-order chi connectivity index (χ0) is 14.0. The van der Waals surface area contributed by atoms with E-state index < -0.39 is 5.91 Å². The second kappa shape index (κ2) is 6.31. The second-order valence-electron chi connectivity index (χ2n) is 3.68. The molecule has 0 spiro atoms. The first-order valence-electron chi connectivity index (χ1n) is 5.19. The summed E-state index contributed by atoms with van der Waals surface area (Å²) >= 11 is 20.1. The van der Waals surface area contributed by atoms with Crippen molar-refractivity contribution in [3.8, 4) is 0 Å². The first kappa shape index (κ1) is 14.9. The first-order chi connectivity index (χ1) is 8.99. The van der Waals surface area contributed by atoms with Crippen LogP contribution in [0.2, 0.25) is 15.1 Å². The Hall–Kier alpha value is -0.490. The van der Waals surface area contributed by atoms with Crippen molar-refractivity contribution in [3.05, 3.63) is 60.6 Å². The number of amides is 1. The molecule has 0 atom stereocenters. The van der Waals surface area contributed by atoms with E-state index in [1.165, 1.54) is 0 Å². The zero-order valence-corrected chi connectivity index (χ0v) is 13.8. The molecule has 0 fully saturated rings. The van der Waals surface area contributed by atoms with Crippen molar-refractivity contribution < 1.29 is 4.79 Å². The molecular weight excluding hydrogens is 419 g/mol. The van der Waals surface area contributed by atoms with Crippen LogP contribution in [0.4, 0.5) is 5.69 Å². The van der Waals surface area contributed by atoms with Crippen LogP contribution in [0.5, 0.6) is 0 Å². The minimum atomic E-state index is -0.390. The zero-order valence-electron chi connectivity index (χ0n) is 9.38. The molecule has 0 saturated carbocycles. The molecule has 0 aliphatic heterocycles. The van der Waals surface area contributed by atoms with E-state index in [0.717, 1.165) is 3.57 Å². The van der Waals surface area contributed by atoms with E-state index in [1.807, 2.05) is 12.1 Å². The Labute approximate surface area is 139 Å². The fourth-order valence-electron chi connectivity index (χ4n) is 1.46. The first-order valence-corrected chi connectivity index (χ1v) is 7.40. The lowest BCUT2D eigenvalue weighted by atomic mass is 10.2. The average molecular weight is 426 g/mol. The molecule has 2 rings (SSSR count). The van der Waals surface area contributed by atoms with Crippen LogP contribution in [-0.4, -0.2) is 5.91 Å². The maximum absolute atomic E-state index is 12.2. The smallest absolute Gasteiger partial charge is 0.258 e. The van der Waals surface area contributed by atoms with Gasteiger partial charge in [-0.25, -0.2) is 0 Å². The highest BCUT2D eigenvalue weighted by Crippen LogP contribution is 2.31. The SMILES string of the molecule is O=C(Nc1ccc(I)cc1)c1c(Cl)ccc(Cl)c1Cl. The van der Waals surface area contributed by atoms with E-state index in [1.54, 1.807) is 24.3 Å². The quantitative estimate of drug-likeness (QED) is 0.498. The topological polar surface area (TPSA) is 29.1 Å². The lowest BCUT2D eigenvalue weighted by Gasteiger charge is -2.09. The second-order valence-corrected chi connectivity index (χ2v) is 6.12. The summed E-state index contributed by atoms with van der Waals surface area (Å²) in [5.41, 5.74) is 0.840. The van der Waals surface area contributed by atoms with Crippen LogP contribution in [0, 0.1) is 3.57 Å². The Balaban J connectivity index is 2.30. The van der Waals surface area contributed by atoms with Gasteiger partial charge in [-0.2, -0.15) is 0 Å². The van der Waals surface area contributed by atoms with Gasteiger partial charge in [0.25, 0.3) is 5.91 Å². The predicted molar refractivity (Wildman–Crippen MR) is 88.6 cm³/mol. The van der Waals surface area contributed by atoms with Crippen LogP contribution in [0.3, 0.4) is 0 Å². The normalized spacial score (nSPS) is 10.3. The summed E-state index contributed by atoms with van der Waals surface area (Å²) in [5, 5.41) is 3.43. The fourth-order valence-corrected chi connectivity index (χ4v) is 2.52. The highest BCUT2D eigenvalue weighted by molar-refractivity contribution is 14.1. The van der Waals surface area contributed by atoms with Gasteiger partial charge in [0.2, 0.25) is 0 Å². The van der Waals surface area contributed by atoms with Gasteiger partial charge in [-0.15, -0.1) is 0 Å². The fraction of sp³-hybridized carbons (Fsp3) is 0. The molecular formula is C13H7Cl3INO. The molecule has 1 N–H and O–H groups in total. The number of rotatable bonds is 2. The van der Waals surface area contributed by atoms with E-state index in [4.69, 9.17) is 34.8 Å². The van der Waals surface area contributed by atoms with Crippen molar-refractivity contribution in [2.45, 2.75) is 0 Å². The van der Waals surface area contributed by atoms with Gasteiger partial charge >= 0.3 is 0 Å². The number of halogens is 4. The van der Waals surface area contributed by atoms with Crippen LogP contribution in [0.15, 0.2) is 36.4 Å². The van der Waals surface area contributed by atoms with E-state index in [9.17, 15) is 4.79 Å². The molecule has 0 saturated heterocycles. The number of carbonyl (C=O) groups excluding carboxylic acids is 1. The molecule has 0 unspecified atom stereocenters. The number of anilines is 1. The lowest BCUT2D eigenvalue weighted by molar-refractivity contribution is 0.102. The number of benzene rings is 2. The van der Waals surface area contributed by atoms with Crippen molar-refractivity contribution in [2.75, 3.05) is 5.32 Å². The number of hydrogen-bond acceptors (Lipinski definition) is 1. The molecule has 0 aromatic heterocycles. The van der Waals surface area contributed by atoms with Gasteiger partial charge in [-0.05, 0) is 59.0 Å². The third-order valence-electron chi connectivity index (χ3n) is 2.37. The largest absolute Gasteiger partial charge is 0.322 e. The van der Waals surface area contributed by atoms with Crippen molar-refractivity contribution in [3.63, 3.8) is 0 Å². The van der Waals surface area contributed by atoms with E-state index in [0.29, 0.717) is 10.7 Å². The van der Waals surface area contributed by atoms with Gasteiger partial charge in [0.15, 0.2) is 0 Å². The Morgan fingerprint density at radius 1 is 0.947 bits per heavy atom. The molecule has 1 amide bonds. The molecule has 0 aliphatic rings. The number of carbonyl (C=O) groups is 1. The number of nitrogens with one attached hydrogen (secondary N) is 1. The third kappa shape index (κ3) is 3.54. The molecule has 6 heteroatoms. The predicted octanol–water partition coefficient (Wildman–Crippen LogP) is 5.50. The summed E-state index contributed by atoms with van der Waals surface area (Å²) in [7, 11) is 0. The Bertz CT molecular complexity index is 629. The highest BCUT2D eigenvalue weighted by atomic mass is 127. The molecule has 98 valence electrons. The molecule has 0 radical (unpaired) electrons. The van der Waals surface area contributed by atoms with Gasteiger partial charge in [-0.1, -0.05) is 34.8 Å². The van der Waals surface area contributed by atoms with Crippen LogP contribution >= 0.6 is 57.4 Å². The van der Waals surface area contributed by atoms with E-state index in [-0.39, 0.29) is 15.6 Å². The van der Waals surface area contributed by atoms with Crippen molar-refractivity contribution in [2.24, 2.45) is 0 Å². The molecule has 2 aromatic carbocycles. The lowest BCUT2D eigenvalue weighted by Crippen LogP contribution is -2.13. The van der Waals surface area contributed by atoms with Crippen molar-refractivity contribution >= 4 is 69.0 Å². The van der Waals surface area contributed by atoms with Crippen LogP contribution in [0.25, 0.3) is 0 Å². The highest BCUT2D eigenvalue weighted by Gasteiger charge is 2.17. The van der Waals surface area contributed by atoms with Gasteiger partial charge in [0, 0.05) is 9.26 Å². The summed E-state index contributed by atoms with van der Waals surface area (Å²) < 4.78 is 1.08. The van der Waals surface area contributed by atoms with Gasteiger partial charge in [-0.3, -0.25) is 4.79 Å².